The molecule has 25 heavy (non-hydrogen) atoms. The molecule has 0 saturated carbocycles. The summed E-state index contributed by atoms with van der Waals surface area (Å²) in [5.74, 6) is 0.792. The first-order chi connectivity index (χ1) is 12.2. The Balaban J connectivity index is 1.39. The molecule has 4 rings (SSSR count). The molecule has 4 heterocycles. The summed E-state index contributed by atoms with van der Waals surface area (Å²) < 4.78 is 3.32. The maximum Gasteiger partial charge on any atom is 0.321 e. The predicted molar refractivity (Wildman–Crippen MR) is 90.3 cm³/mol. The zero-order valence-corrected chi connectivity index (χ0v) is 13.8. The molecule has 1 aliphatic heterocycles. The van der Waals surface area contributed by atoms with E-state index in [1.54, 1.807) is 35.5 Å². The number of carbonyl (C=O) groups excluding carboxylic acids is 1. The van der Waals surface area contributed by atoms with Crippen LogP contribution in [0.2, 0.25) is 0 Å². The molecule has 0 aliphatic carbocycles. The first-order valence-corrected chi connectivity index (χ1v) is 8.05. The van der Waals surface area contributed by atoms with E-state index in [2.05, 4.69) is 25.5 Å². The van der Waals surface area contributed by atoms with Crippen LogP contribution in [0.25, 0.3) is 5.95 Å². The van der Waals surface area contributed by atoms with Gasteiger partial charge in [0.25, 0.3) is 0 Å². The van der Waals surface area contributed by atoms with E-state index < -0.39 is 0 Å². The number of amides is 2. The van der Waals surface area contributed by atoms with Gasteiger partial charge >= 0.3 is 6.03 Å². The number of likely N-dealkylation sites (tertiary alicyclic amines) is 1. The molecule has 128 valence electrons. The van der Waals surface area contributed by atoms with Gasteiger partial charge < -0.3 is 10.2 Å². The van der Waals surface area contributed by atoms with Gasteiger partial charge in [-0.05, 0) is 18.1 Å². The first-order valence-electron chi connectivity index (χ1n) is 8.05. The number of rotatable bonds is 3. The van der Waals surface area contributed by atoms with Crippen molar-refractivity contribution < 1.29 is 4.79 Å². The zero-order chi connectivity index (χ0) is 17.2. The standard InChI is InChI=1S/C16H18N8O/c1-22-9-13(7-19-22)12-3-6-23(10-12)16(25)21-14-8-20-24(11-14)15-17-4-2-5-18-15/h2,4-5,7-9,11-12H,3,6,10H2,1H3,(H,21,25). The second kappa shape index (κ2) is 6.34. The quantitative estimate of drug-likeness (QED) is 0.779. The Kier molecular flexibility index (Phi) is 3.88. The minimum atomic E-state index is -0.125. The van der Waals surface area contributed by atoms with Gasteiger partial charge in [0.2, 0.25) is 5.95 Å². The summed E-state index contributed by atoms with van der Waals surface area (Å²) in [7, 11) is 1.90. The van der Waals surface area contributed by atoms with Crippen LogP contribution in [0.4, 0.5) is 10.5 Å². The number of hydrogen-bond donors (Lipinski definition) is 1. The number of aryl methyl sites for hydroxylation is 1. The lowest BCUT2D eigenvalue weighted by molar-refractivity contribution is 0.222. The number of nitrogens with zero attached hydrogens (tertiary/aromatic N) is 7. The fraction of sp³-hybridized carbons (Fsp3) is 0.312. The van der Waals surface area contributed by atoms with Crippen LogP contribution in [-0.2, 0) is 7.05 Å². The Hall–Kier alpha value is -3.23. The van der Waals surface area contributed by atoms with Crippen molar-refractivity contribution >= 4 is 11.7 Å². The summed E-state index contributed by atoms with van der Waals surface area (Å²) in [6, 6.07) is 1.61. The molecule has 3 aromatic heterocycles. The number of nitrogens with one attached hydrogen (secondary N) is 1. The van der Waals surface area contributed by atoms with Crippen molar-refractivity contribution in [3.63, 3.8) is 0 Å². The summed E-state index contributed by atoms with van der Waals surface area (Å²) in [6.07, 6.45) is 11.4. The minimum absolute atomic E-state index is 0.125. The topological polar surface area (TPSA) is 93.8 Å². The molecule has 1 saturated heterocycles. The smallest absolute Gasteiger partial charge is 0.321 e. The van der Waals surface area contributed by atoms with Gasteiger partial charge in [-0.1, -0.05) is 0 Å². The molecule has 1 aliphatic rings. The monoisotopic (exact) mass is 338 g/mol. The molecule has 0 aromatic carbocycles. The van der Waals surface area contributed by atoms with Crippen LogP contribution < -0.4 is 5.32 Å². The van der Waals surface area contributed by atoms with Crippen molar-refractivity contribution in [2.45, 2.75) is 12.3 Å². The van der Waals surface area contributed by atoms with Crippen LogP contribution in [0.15, 0.2) is 43.2 Å². The van der Waals surface area contributed by atoms with Crippen LogP contribution in [0.1, 0.15) is 17.9 Å². The molecular formula is C16H18N8O. The Labute approximate surface area is 144 Å². The van der Waals surface area contributed by atoms with Crippen LogP contribution in [0.5, 0.6) is 0 Å². The van der Waals surface area contributed by atoms with Crippen LogP contribution in [0, 0.1) is 0 Å². The highest BCUT2D eigenvalue weighted by atomic mass is 16.2. The Morgan fingerprint density at radius 3 is 2.80 bits per heavy atom. The molecule has 1 unspecified atom stereocenters. The first kappa shape index (κ1) is 15.3. The molecule has 1 N–H and O–H groups in total. The van der Waals surface area contributed by atoms with Crippen molar-refractivity contribution in [3.8, 4) is 5.95 Å². The van der Waals surface area contributed by atoms with Crippen molar-refractivity contribution in [3.05, 3.63) is 48.8 Å². The Morgan fingerprint density at radius 2 is 2.04 bits per heavy atom. The van der Waals surface area contributed by atoms with Gasteiger partial charge in [0.1, 0.15) is 0 Å². The fourth-order valence-electron chi connectivity index (χ4n) is 2.98. The average Bonchev–Trinajstić information content (AvgIpc) is 3.35. The molecule has 2 amide bonds. The molecule has 9 heteroatoms. The minimum Gasteiger partial charge on any atom is -0.324 e. The van der Waals surface area contributed by atoms with E-state index in [1.165, 1.54) is 10.2 Å². The summed E-state index contributed by atoms with van der Waals surface area (Å²) >= 11 is 0. The summed E-state index contributed by atoms with van der Waals surface area (Å²) in [5.41, 5.74) is 1.79. The number of anilines is 1. The third kappa shape index (κ3) is 3.21. The van der Waals surface area contributed by atoms with Gasteiger partial charge in [-0.3, -0.25) is 4.68 Å². The summed E-state index contributed by atoms with van der Waals surface area (Å²) in [6.45, 7) is 1.41. The Bertz CT molecular complexity index is 871. The molecule has 1 fully saturated rings. The molecule has 1 atom stereocenters. The van der Waals surface area contributed by atoms with E-state index in [1.807, 2.05) is 24.3 Å². The van der Waals surface area contributed by atoms with Crippen LogP contribution in [-0.4, -0.2) is 53.5 Å². The lowest BCUT2D eigenvalue weighted by Crippen LogP contribution is -2.32. The van der Waals surface area contributed by atoms with Gasteiger partial charge in [0, 0.05) is 44.6 Å². The largest absolute Gasteiger partial charge is 0.324 e. The molecule has 0 spiro atoms. The molecule has 0 radical (unpaired) electrons. The normalized spacial score (nSPS) is 17.0. The predicted octanol–water partition coefficient (Wildman–Crippen LogP) is 1.42. The highest BCUT2D eigenvalue weighted by molar-refractivity contribution is 5.89. The zero-order valence-electron chi connectivity index (χ0n) is 13.8. The van der Waals surface area contributed by atoms with E-state index in [4.69, 9.17) is 0 Å². The average molecular weight is 338 g/mol. The van der Waals surface area contributed by atoms with Crippen molar-refractivity contribution in [2.75, 3.05) is 18.4 Å². The second-order valence-electron chi connectivity index (χ2n) is 6.03. The third-order valence-electron chi connectivity index (χ3n) is 4.26. The fourth-order valence-corrected chi connectivity index (χ4v) is 2.98. The lowest BCUT2D eigenvalue weighted by Gasteiger charge is -2.16. The third-order valence-corrected chi connectivity index (χ3v) is 4.26. The van der Waals surface area contributed by atoms with Gasteiger partial charge in [-0.2, -0.15) is 10.2 Å². The maximum absolute atomic E-state index is 12.5. The lowest BCUT2D eigenvalue weighted by atomic mass is 10.0. The number of hydrogen-bond acceptors (Lipinski definition) is 5. The van der Waals surface area contributed by atoms with E-state index in [-0.39, 0.29) is 6.03 Å². The molecule has 0 bridgehead atoms. The van der Waals surface area contributed by atoms with E-state index in [0.717, 1.165) is 13.0 Å². The molecule has 9 nitrogen and oxygen atoms in total. The van der Waals surface area contributed by atoms with Gasteiger partial charge in [0.15, 0.2) is 0 Å². The summed E-state index contributed by atoms with van der Waals surface area (Å²) in [5, 5.41) is 11.3. The van der Waals surface area contributed by atoms with Crippen LogP contribution >= 0.6 is 0 Å². The van der Waals surface area contributed by atoms with Crippen molar-refractivity contribution in [1.29, 1.82) is 0 Å². The van der Waals surface area contributed by atoms with Crippen molar-refractivity contribution in [1.82, 2.24) is 34.4 Å². The second-order valence-corrected chi connectivity index (χ2v) is 6.03. The number of carbonyl (C=O) groups is 1. The SMILES string of the molecule is Cn1cc(C2CCN(C(=O)Nc3cnn(-c4ncccn4)c3)C2)cn1. The van der Waals surface area contributed by atoms with Gasteiger partial charge in [0.05, 0.1) is 24.3 Å². The molecular weight excluding hydrogens is 320 g/mol. The highest BCUT2D eigenvalue weighted by Crippen LogP contribution is 2.27. The van der Waals surface area contributed by atoms with E-state index in [0.29, 0.717) is 24.1 Å². The van der Waals surface area contributed by atoms with Crippen molar-refractivity contribution in [2.24, 2.45) is 7.05 Å². The van der Waals surface area contributed by atoms with Gasteiger partial charge in [-0.15, -0.1) is 0 Å². The molecule has 3 aromatic rings. The highest BCUT2D eigenvalue weighted by Gasteiger charge is 2.28. The summed E-state index contributed by atoms with van der Waals surface area (Å²) in [4.78, 5) is 22.5. The maximum atomic E-state index is 12.5. The van der Waals surface area contributed by atoms with E-state index in [9.17, 15) is 4.79 Å². The van der Waals surface area contributed by atoms with Crippen LogP contribution in [0.3, 0.4) is 0 Å². The van der Waals surface area contributed by atoms with Gasteiger partial charge in [-0.25, -0.2) is 19.4 Å². The Morgan fingerprint density at radius 1 is 1.20 bits per heavy atom. The van der Waals surface area contributed by atoms with E-state index >= 15 is 0 Å². The number of aromatic nitrogens is 6. The number of urea groups is 1.